The summed E-state index contributed by atoms with van der Waals surface area (Å²) < 4.78 is 25.9. The van der Waals surface area contributed by atoms with Crippen molar-refractivity contribution in [2.45, 2.75) is 4.21 Å². The van der Waals surface area contributed by atoms with Crippen molar-refractivity contribution >= 4 is 43.7 Å². The molecule has 0 bridgehead atoms. The van der Waals surface area contributed by atoms with Gasteiger partial charge in [0.25, 0.3) is 10.0 Å². The Kier molecular flexibility index (Phi) is 3.52. The average molecular weight is 315 g/mol. The van der Waals surface area contributed by atoms with E-state index in [-0.39, 0.29) is 10.6 Å². The molecule has 2 aromatic rings. The number of rotatable bonds is 4. The van der Waals surface area contributed by atoms with Gasteiger partial charge in [0.15, 0.2) is 9.90 Å². The van der Waals surface area contributed by atoms with Crippen molar-refractivity contribution in [2.75, 3.05) is 4.72 Å². The Morgan fingerprint density at radius 3 is 2.84 bits per heavy atom. The second kappa shape index (κ2) is 4.96. The van der Waals surface area contributed by atoms with E-state index in [4.69, 9.17) is 10.4 Å². The molecule has 0 radical (unpaired) electrons. The molecule has 10 heteroatoms. The number of hydrogen-bond donors (Lipinski definition) is 2. The van der Waals surface area contributed by atoms with E-state index < -0.39 is 25.9 Å². The molecule has 2 aromatic heterocycles. The maximum absolute atomic E-state index is 12.0. The van der Waals surface area contributed by atoms with Crippen LogP contribution in [0.2, 0.25) is 0 Å². The normalized spacial score (nSPS) is 10.9. The predicted octanol–water partition coefficient (Wildman–Crippen LogP) is 1.58. The maximum atomic E-state index is 12.0. The van der Waals surface area contributed by atoms with E-state index in [9.17, 15) is 13.2 Å². The Balaban J connectivity index is 2.42. The summed E-state index contributed by atoms with van der Waals surface area (Å²) in [5.74, 6) is -1.42. The summed E-state index contributed by atoms with van der Waals surface area (Å²) in [6, 6.07) is 3.30. The van der Waals surface area contributed by atoms with E-state index in [1.807, 2.05) is 6.07 Å². The number of carbonyl (C=O) groups is 1. The number of nitrogens with zero attached hydrogens (tertiary/aromatic N) is 2. The Hall–Kier alpha value is -1.96. The molecule has 0 saturated carbocycles. The van der Waals surface area contributed by atoms with Crippen LogP contribution in [-0.2, 0) is 10.0 Å². The van der Waals surface area contributed by atoms with Crippen molar-refractivity contribution in [1.29, 1.82) is 5.26 Å². The highest BCUT2D eigenvalue weighted by molar-refractivity contribution is 7.95. The summed E-state index contributed by atoms with van der Waals surface area (Å²) in [5, 5.41) is 19.3. The van der Waals surface area contributed by atoms with E-state index in [0.717, 1.165) is 16.8 Å². The van der Waals surface area contributed by atoms with Crippen LogP contribution in [0.3, 0.4) is 0 Å². The van der Waals surface area contributed by atoms with E-state index in [1.165, 1.54) is 6.07 Å². The minimum atomic E-state index is -4.06. The van der Waals surface area contributed by atoms with Gasteiger partial charge in [0, 0.05) is 0 Å². The Morgan fingerprint density at radius 2 is 2.21 bits per heavy atom. The molecular weight excluding hydrogens is 310 g/mol. The quantitative estimate of drug-likeness (QED) is 0.883. The van der Waals surface area contributed by atoms with Gasteiger partial charge in [-0.2, -0.15) is 5.26 Å². The molecule has 7 nitrogen and oxygen atoms in total. The smallest absolute Gasteiger partial charge is 0.356 e. The lowest BCUT2D eigenvalue weighted by Gasteiger charge is -2.04. The van der Waals surface area contributed by atoms with E-state index in [1.54, 1.807) is 5.38 Å². The van der Waals surface area contributed by atoms with Crippen molar-refractivity contribution in [3.63, 3.8) is 0 Å². The first-order valence-electron chi connectivity index (χ1n) is 4.63. The van der Waals surface area contributed by atoms with Gasteiger partial charge in [-0.1, -0.05) is 0 Å². The summed E-state index contributed by atoms with van der Waals surface area (Å²) in [4.78, 5) is 14.3. The molecule has 0 spiro atoms. The lowest BCUT2D eigenvalue weighted by molar-refractivity contribution is 0.0687. The minimum Gasteiger partial charge on any atom is -0.476 e. The third-order valence-electron chi connectivity index (χ3n) is 1.99. The van der Waals surface area contributed by atoms with Crippen molar-refractivity contribution < 1.29 is 18.3 Å². The molecule has 0 saturated heterocycles. The molecule has 98 valence electrons. The fraction of sp³-hybridized carbons (Fsp3) is 0. The SMILES string of the molecule is N#Cc1ccsc1NS(=O)(=O)c1scnc1C(=O)O. The number of aromatic nitrogens is 1. The van der Waals surface area contributed by atoms with Gasteiger partial charge in [0.1, 0.15) is 11.1 Å². The number of aromatic carboxylic acids is 1. The highest BCUT2D eigenvalue weighted by Gasteiger charge is 2.26. The van der Waals surface area contributed by atoms with Crippen LogP contribution in [0.5, 0.6) is 0 Å². The summed E-state index contributed by atoms with van der Waals surface area (Å²) in [6.45, 7) is 0. The lowest BCUT2D eigenvalue weighted by Crippen LogP contribution is -2.15. The van der Waals surface area contributed by atoms with Crippen molar-refractivity contribution in [3.8, 4) is 6.07 Å². The molecule has 0 aliphatic heterocycles. The number of thiazole rings is 1. The zero-order valence-corrected chi connectivity index (χ0v) is 11.5. The Morgan fingerprint density at radius 1 is 1.47 bits per heavy atom. The fourth-order valence-electron chi connectivity index (χ4n) is 1.21. The fourth-order valence-corrected chi connectivity index (χ4v) is 4.42. The van der Waals surface area contributed by atoms with Crippen molar-refractivity contribution in [1.82, 2.24) is 4.98 Å². The molecule has 2 rings (SSSR count). The van der Waals surface area contributed by atoms with Crippen LogP contribution in [0, 0.1) is 11.3 Å². The van der Waals surface area contributed by atoms with Crippen LogP contribution in [0.4, 0.5) is 5.00 Å². The molecule has 2 heterocycles. The molecule has 0 atom stereocenters. The van der Waals surface area contributed by atoms with Crippen LogP contribution in [0.15, 0.2) is 21.2 Å². The number of nitriles is 1. The summed E-state index contributed by atoms with van der Waals surface area (Å²) >= 11 is 1.74. The first-order valence-corrected chi connectivity index (χ1v) is 7.87. The topological polar surface area (TPSA) is 120 Å². The first kappa shape index (κ1) is 13.5. The number of nitrogens with one attached hydrogen (secondary N) is 1. The Bertz CT molecular complexity index is 769. The molecule has 0 aromatic carbocycles. The van der Waals surface area contributed by atoms with E-state index >= 15 is 0 Å². The van der Waals surface area contributed by atoms with Crippen LogP contribution in [-0.4, -0.2) is 24.5 Å². The molecule has 2 N–H and O–H groups in total. The lowest BCUT2D eigenvalue weighted by atomic mass is 10.4. The summed E-state index contributed by atoms with van der Waals surface area (Å²) in [6.07, 6.45) is 0. The molecule has 0 aliphatic rings. The highest BCUT2D eigenvalue weighted by Crippen LogP contribution is 2.28. The third kappa shape index (κ3) is 2.58. The van der Waals surface area contributed by atoms with Crippen LogP contribution >= 0.6 is 22.7 Å². The van der Waals surface area contributed by atoms with Gasteiger partial charge >= 0.3 is 5.97 Å². The van der Waals surface area contributed by atoms with Crippen molar-refractivity contribution in [3.05, 3.63) is 28.2 Å². The van der Waals surface area contributed by atoms with Gasteiger partial charge in [-0.15, -0.1) is 22.7 Å². The number of hydrogen-bond acceptors (Lipinski definition) is 7. The van der Waals surface area contributed by atoms with Crippen LogP contribution in [0.25, 0.3) is 0 Å². The standard InChI is InChI=1S/C9H5N3O4S3/c10-3-5-1-2-17-7(5)12-19(15,16)9-6(8(13)14)11-4-18-9/h1-2,4,12H,(H,13,14). The number of thiophene rings is 1. The van der Waals surface area contributed by atoms with Gasteiger partial charge in [-0.05, 0) is 11.4 Å². The average Bonchev–Trinajstić information content (AvgIpc) is 2.95. The zero-order valence-electron chi connectivity index (χ0n) is 9.02. The predicted molar refractivity (Wildman–Crippen MR) is 68.9 cm³/mol. The first-order chi connectivity index (χ1) is 8.95. The minimum absolute atomic E-state index is 0.146. The van der Waals surface area contributed by atoms with Gasteiger partial charge in [-0.25, -0.2) is 18.2 Å². The molecule has 0 amide bonds. The number of carboxylic acids is 1. The Labute approximate surface area is 115 Å². The number of sulfonamides is 1. The molecule has 0 unspecified atom stereocenters. The second-order valence-corrected chi connectivity index (χ2v) is 6.82. The highest BCUT2D eigenvalue weighted by atomic mass is 32.2. The van der Waals surface area contributed by atoms with E-state index in [0.29, 0.717) is 11.3 Å². The third-order valence-corrected chi connectivity index (χ3v) is 5.67. The molecular formula is C9H5N3O4S3. The molecule has 0 fully saturated rings. The molecule has 0 aliphatic carbocycles. The number of carboxylic acid groups (broad SMARTS) is 1. The zero-order chi connectivity index (χ0) is 14.0. The van der Waals surface area contributed by atoms with Gasteiger partial charge in [0.2, 0.25) is 0 Å². The maximum Gasteiger partial charge on any atom is 0.356 e. The summed E-state index contributed by atoms with van der Waals surface area (Å²) in [5.41, 5.74) is 0.778. The van der Waals surface area contributed by atoms with Crippen LogP contribution < -0.4 is 4.72 Å². The van der Waals surface area contributed by atoms with Crippen LogP contribution in [0.1, 0.15) is 16.1 Å². The van der Waals surface area contributed by atoms with E-state index in [2.05, 4.69) is 9.71 Å². The van der Waals surface area contributed by atoms with Gasteiger partial charge < -0.3 is 5.11 Å². The number of anilines is 1. The van der Waals surface area contributed by atoms with Gasteiger partial charge in [0.05, 0.1) is 11.1 Å². The largest absolute Gasteiger partial charge is 0.476 e. The monoisotopic (exact) mass is 315 g/mol. The van der Waals surface area contributed by atoms with Gasteiger partial charge in [-0.3, -0.25) is 4.72 Å². The van der Waals surface area contributed by atoms with Crippen molar-refractivity contribution in [2.24, 2.45) is 0 Å². The summed E-state index contributed by atoms with van der Waals surface area (Å²) in [7, 11) is -4.06. The molecule has 19 heavy (non-hydrogen) atoms. The second-order valence-electron chi connectivity index (χ2n) is 3.17.